The maximum Gasteiger partial charge on any atom is 0.250 e. The molecule has 8 heteroatoms. The van der Waals surface area contributed by atoms with Crippen LogP contribution in [0.25, 0.3) is 0 Å². The van der Waals surface area contributed by atoms with Crippen LogP contribution in [0.5, 0.6) is 5.75 Å². The van der Waals surface area contributed by atoms with Crippen molar-refractivity contribution in [1.29, 1.82) is 0 Å². The second kappa shape index (κ2) is 7.79. The summed E-state index contributed by atoms with van der Waals surface area (Å²) in [7, 11) is -2.31. The third-order valence-electron chi connectivity index (χ3n) is 3.87. The highest BCUT2D eigenvalue weighted by Crippen LogP contribution is 2.19. The minimum Gasteiger partial charge on any atom is -0.494 e. The van der Waals surface area contributed by atoms with Crippen LogP contribution in [0.2, 0.25) is 0 Å². The molecule has 0 saturated heterocycles. The first-order chi connectivity index (χ1) is 11.8. The molecule has 1 heterocycles. The number of rotatable bonds is 7. The van der Waals surface area contributed by atoms with Gasteiger partial charge in [-0.05, 0) is 23.8 Å². The number of sulfonamides is 1. The molecule has 0 bridgehead atoms. The summed E-state index contributed by atoms with van der Waals surface area (Å²) in [6.45, 7) is 4.22. The van der Waals surface area contributed by atoms with E-state index >= 15 is 0 Å². The lowest BCUT2D eigenvalue weighted by atomic mass is 10.2. The molecular weight excluding hydrogens is 347 g/mol. The van der Waals surface area contributed by atoms with Gasteiger partial charge in [0.1, 0.15) is 0 Å². The standard InChI is InChI=1S/C17H21FN2O4S/c1-4-20(5-2)25(22,23)14-7-9-17(21)19(12-14)11-13-6-8-16(24-3)15(18)10-13/h6-10,12H,4-5,11H2,1-3H3. The molecule has 2 aromatic rings. The summed E-state index contributed by atoms with van der Waals surface area (Å²) in [5.41, 5.74) is 0.160. The molecule has 0 fully saturated rings. The number of hydrogen-bond donors (Lipinski definition) is 0. The van der Waals surface area contributed by atoms with Crippen molar-refractivity contribution < 1.29 is 17.5 Å². The minimum atomic E-state index is -3.67. The Morgan fingerprint density at radius 1 is 1.16 bits per heavy atom. The van der Waals surface area contributed by atoms with E-state index in [4.69, 9.17) is 4.74 Å². The zero-order chi connectivity index (χ0) is 18.6. The highest BCUT2D eigenvalue weighted by atomic mass is 32.2. The summed E-state index contributed by atoms with van der Waals surface area (Å²) in [5, 5.41) is 0. The topological polar surface area (TPSA) is 68.6 Å². The molecule has 6 nitrogen and oxygen atoms in total. The van der Waals surface area contributed by atoms with Gasteiger partial charge in [-0.2, -0.15) is 4.31 Å². The van der Waals surface area contributed by atoms with Crippen LogP contribution in [0, 0.1) is 5.82 Å². The number of nitrogens with zero attached hydrogens (tertiary/aromatic N) is 2. The summed E-state index contributed by atoms with van der Waals surface area (Å²) in [6, 6.07) is 6.85. The van der Waals surface area contributed by atoms with Gasteiger partial charge in [0, 0.05) is 25.4 Å². The van der Waals surface area contributed by atoms with Gasteiger partial charge < -0.3 is 9.30 Å². The van der Waals surface area contributed by atoms with Gasteiger partial charge in [0.15, 0.2) is 11.6 Å². The van der Waals surface area contributed by atoms with E-state index in [1.807, 2.05) is 0 Å². The summed E-state index contributed by atoms with van der Waals surface area (Å²) >= 11 is 0. The third-order valence-corrected chi connectivity index (χ3v) is 5.90. The van der Waals surface area contributed by atoms with Gasteiger partial charge >= 0.3 is 0 Å². The first-order valence-corrected chi connectivity index (χ1v) is 9.30. The van der Waals surface area contributed by atoms with Crippen LogP contribution in [0.3, 0.4) is 0 Å². The Hall–Kier alpha value is -2.19. The van der Waals surface area contributed by atoms with Gasteiger partial charge in [0.2, 0.25) is 10.0 Å². The highest BCUT2D eigenvalue weighted by molar-refractivity contribution is 7.89. The first-order valence-electron chi connectivity index (χ1n) is 7.86. The summed E-state index contributed by atoms with van der Waals surface area (Å²) in [6.07, 6.45) is 1.29. The first kappa shape index (κ1) is 19.1. The molecule has 0 radical (unpaired) electrons. The average Bonchev–Trinajstić information content (AvgIpc) is 2.57. The zero-order valence-corrected chi connectivity index (χ0v) is 15.2. The number of benzene rings is 1. The van der Waals surface area contributed by atoms with E-state index in [2.05, 4.69) is 0 Å². The van der Waals surface area contributed by atoms with Crippen molar-refractivity contribution in [3.63, 3.8) is 0 Å². The Labute approximate surface area is 146 Å². The molecule has 25 heavy (non-hydrogen) atoms. The maximum atomic E-state index is 13.8. The second-order valence-electron chi connectivity index (χ2n) is 5.39. The van der Waals surface area contributed by atoms with Crippen molar-refractivity contribution in [2.45, 2.75) is 25.3 Å². The molecule has 0 aliphatic heterocycles. The fourth-order valence-corrected chi connectivity index (χ4v) is 3.98. The van der Waals surface area contributed by atoms with E-state index in [9.17, 15) is 17.6 Å². The Bertz CT molecular complexity index is 905. The number of hydrogen-bond acceptors (Lipinski definition) is 4. The van der Waals surface area contributed by atoms with Crippen LogP contribution < -0.4 is 10.3 Å². The molecule has 0 amide bonds. The molecule has 0 N–H and O–H groups in total. The molecule has 1 aromatic carbocycles. The van der Waals surface area contributed by atoms with Gasteiger partial charge in [0.05, 0.1) is 18.6 Å². The number of aromatic nitrogens is 1. The smallest absolute Gasteiger partial charge is 0.250 e. The molecule has 0 spiro atoms. The van der Waals surface area contributed by atoms with E-state index in [0.717, 1.165) is 0 Å². The van der Waals surface area contributed by atoms with Gasteiger partial charge in [-0.25, -0.2) is 12.8 Å². The number of methoxy groups -OCH3 is 1. The SMILES string of the molecule is CCN(CC)S(=O)(=O)c1ccc(=O)n(Cc2ccc(OC)c(F)c2)c1. The van der Waals surface area contributed by atoms with Crippen LogP contribution >= 0.6 is 0 Å². The van der Waals surface area contributed by atoms with Crippen LogP contribution in [0.4, 0.5) is 4.39 Å². The molecule has 0 saturated carbocycles. The van der Waals surface area contributed by atoms with E-state index in [1.54, 1.807) is 19.9 Å². The van der Waals surface area contributed by atoms with E-state index < -0.39 is 15.8 Å². The predicted octanol–water partition coefficient (Wildman–Crippen LogP) is 2.07. The van der Waals surface area contributed by atoms with Crippen LogP contribution in [-0.4, -0.2) is 37.5 Å². The van der Waals surface area contributed by atoms with Crippen LogP contribution in [-0.2, 0) is 16.6 Å². The zero-order valence-electron chi connectivity index (χ0n) is 14.4. The Morgan fingerprint density at radius 3 is 2.40 bits per heavy atom. The van der Waals surface area contributed by atoms with Crippen molar-refractivity contribution in [3.05, 3.63) is 58.3 Å². The summed E-state index contributed by atoms with van der Waals surface area (Å²) in [4.78, 5) is 12.1. The van der Waals surface area contributed by atoms with Gasteiger partial charge in [-0.15, -0.1) is 0 Å². The lowest BCUT2D eigenvalue weighted by molar-refractivity contribution is 0.386. The molecule has 0 unspecified atom stereocenters. The second-order valence-corrected chi connectivity index (χ2v) is 7.33. The Balaban J connectivity index is 2.40. The minimum absolute atomic E-state index is 0.0322. The van der Waals surface area contributed by atoms with Gasteiger partial charge in [-0.3, -0.25) is 4.79 Å². The van der Waals surface area contributed by atoms with Crippen molar-refractivity contribution in [3.8, 4) is 5.75 Å². The largest absolute Gasteiger partial charge is 0.494 e. The molecule has 0 aliphatic carbocycles. The van der Waals surface area contributed by atoms with Crippen molar-refractivity contribution in [2.75, 3.05) is 20.2 Å². The van der Waals surface area contributed by atoms with Crippen molar-refractivity contribution in [1.82, 2.24) is 8.87 Å². The Morgan fingerprint density at radius 2 is 1.84 bits per heavy atom. The fourth-order valence-electron chi connectivity index (χ4n) is 2.50. The predicted molar refractivity (Wildman–Crippen MR) is 92.9 cm³/mol. The number of pyridine rings is 1. The monoisotopic (exact) mass is 368 g/mol. The fraction of sp³-hybridized carbons (Fsp3) is 0.353. The Kier molecular flexibility index (Phi) is 5.97. The molecule has 1 aromatic heterocycles. The van der Waals surface area contributed by atoms with Crippen LogP contribution in [0.15, 0.2) is 46.2 Å². The molecule has 2 rings (SSSR count). The van der Waals surface area contributed by atoms with Crippen molar-refractivity contribution in [2.24, 2.45) is 0 Å². The van der Waals surface area contributed by atoms with E-state index in [1.165, 1.54) is 46.4 Å². The molecule has 0 aliphatic rings. The molecule has 0 atom stereocenters. The lowest BCUT2D eigenvalue weighted by Crippen LogP contribution is -2.32. The van der Waals surface area contributed by atoms with Gasteiger partial charge in [-0.1, -0.05) is 19.9 Å². The van der Waals surface area contributed by atoms with E-state index in [0.29, 0.717) is 18.7 Å². The molecular formula is C17H21FN2O4S. The number of halogens is 1. The average molecular weight is 368 g/mol. The normalized spacial score (nSPS) is 11.7. The van der Waals surface area contributed by atoms with Gasteiger partial charge in [0.25, 0.3) is 5.56 Å². The van der Waals surface area contributed by atoms with Crippen LogP contribution in [0.1, 0.15) is 19.4 Å². The highest BCUT2D eigenvalue weighted by Gasteiger charge is 2.22. The van der Waals surface area contributed by atoms with E-state index in [-0.39, 0.29) is 22.7 Å². The summed E-state index contributed by atoms with van der Waals surface area (Å²) in [5.74, 6) is -0.436. The number of ether oxygens (including phenoxy) is 1. The quantitative estimate of drug-likeness (QED) is 0.750. The third kappa shape index (κ3) is 4.08. The lowest BCUT2D eigenvalue weighted by Gasteiger charge is -2.19. The summed E-state index contributed by atoms with van der Waals surface area (Å²) < 4.78 is 46.4. The molecule has 136 valence electrons. The van der Waals surface area contributed by atoms with Crippen molar-refractivity contribution >= 4 is 10.0 Å². The maximum absolute atomic E-state index is 13.8.